The van der Waals surface area contributed by atoms with Gasteiger partial charge in [0.25, 0.3) is 5.91 Å². The first-order valence-corrected chi connectivity index (χ1v) is 6.80. The minimum absolute atomic E-state index is 0.0157. The summed E-state index contributed by atoms with van der Waals surface area (Å²) in [6.07, 6.45) is 5.99. The Balaban J connectivity index is 2.33. The molecule has 18 heavy (non-hydrogen) atoms. The van der Waals surface area contributed by atoms with Gasteiger partial charge < -0.3 is 11.1 Å². The third-order valence-corrected chi connectivity index (χ3v) is 3.04. The maximum Gasteiger partial charge on any atom is 0.251 e. The van der Waals surface area contributed by atoms with Gasteiger partial charge in [-0.2, -0.15) is 0 Å². The Bertz CT molecular complexity index is 359. The molecule has 3 heteroatoms. The Morgan fingerprint density at radius 2 is 1.89 bits per heavy atom. The number of nitrogens with two attached hydrogens (primary N) is 1. The molecule has 0 saturated carbocycles. The van der Waals surface area contributed by atoms with Crippen molar-refractivity contribution < 1.29 is 4.79 Å². The third-order valence-electron chi connectivity index (χ3n) is 3.04. The van der Waals surface area contributed by atoms with Crippen LogP contribution in [0.3, 0.4) is 0 Å². The van der Waals surface area contributed by atoms with E-state index in [-0.39, 0.29) is 11.9 Å². The summed E-state index contributed by atoms with van der Waals surface area (Å²) in [6, 6.07) is 7.25. The van der Waals surface area contributed by atoms with E-state index >= 15 is 0 Å². The lowest BCUT2D eigenvalue weighted by molar-refractivity contribution is 0.0938. The molecule has 1 unspecified atom stereocenters. The predicted octanol–water partition coefficient (Wildman–Crippen LogP) is 3.36. The van der Waals surface area contributed by atoms with Gasteiger partial charge in [-0.3, -0.25) is 4.79 Å². The number of hydrogen-bond donors (Lipinski definition) is 2. The molecule has 3 nitrogen and oxygen atoms in total. The van der Waals surface area contributed by atoms with E-state index in [0.29, 0.717) is 11.3 Å². The van der Waals surface area contributed by atoms with Gasteiger partial charge in [0.05, 0.1) is 0 Å². The predicted molar refractivity (Wildman–Crippen MR) is 76.5 cm³/mol. The number of hydrogen-bond acceptors (Lipinski definition) is 2. The highest BCUT2D eigenvalue weighted by Crippen LogP contribution is 2.08. The van der Waals surface area contributed by atoms with Crippen molar-refractivity contribution in [3.8, 4) is 0 Å². The van der Waals surface area contributed by atoms with Crippen LogP contribution < -0.4 is 11.1 Å². The molecule has 1 amide bonds. The number of unbranched alkanes of at least 4 members (excludes halogenated alkanes) is 3. The summed E-state index contributed by atoms with van der Waals surface area (Å²) in [5, 5.41) is 3.01. The molecule has 0 aromatic heterocycles. The quantitative estimate of drug-likeness (QED) is 0.574. The molecule has 0 spiro atoms. The fourth-order valence-electron chi connectivity index (χ4n) is 1.89. The highest BCUT2D eigenvalue weighted by atomic mass is 16.1. The average Bonchev–Trinajstić information content (AvgIpc) is 2.35. The number of rotatable bonds is 7. The minimum atomic E-state index is -0.0157. The summed E-state index contributed by atoms with van der Waals surface area (Å²) in [7, 11) is 0. The molecule has 1 atom stereocenters. The van der Waals surface area contributed by atoms with Gasteiger partial charge in [0.1, 0.15) is 0 Å². The summed E-state index contributed by atoms with van der Waals surface area (Å²) in [5.74, 6) is -0.0157. The maximum atomic E-state index is 11.9. The van der Waals surface area contributed by atoms with Crippen LogP contribution in [0.5, 0.6) is 0 Å². The molecule has 0 aliphatic rings. The zero-order valence-electron chi connectivity index (χ0n) is 11.4. The van der Waals surface area contributed by atoms with Crippen LogP contribution in [0, 0.1) is 0 Å². The molecule has 1 aromatic rings. The Labute approximate surface area is 110 Å². The van der Waals surface area contributed by atoms with Crippen molar-refractivity contribution >= 4 is 11.6 Å². The number of nitrogen functional groups attached to an aromatic ring is 1. The second kappa shape index (κ2) is 7.75. The molecule has 0 saturated heterocycles. The summed E-state index contributed by atoms with van der Waals surface area (Å²) in [6.45, 7) is 4.26. The number of benzene rings is 1. The number of anilines is 1. The molecule has 1 aromatic carbocycles. The maximum absolute atomic E-state index is 11.9. The van der Waals surface area contributed by atoms with Gasteiger partial charge in [-0.25, -0.2) is 0 Å². The van der Waals surface area contributed by atoms with Gasteiger partial charge in [-0.1, -0.05) is 32.6 Å². The van der Waals surface area contributed by atoms with Crippen LogP contribution in [0.15, 0.2) is 24.3 Å². The van der Waals surface area contributed by atoms with Gasteiger partial charge in [-0.05, 0) is 37.6 Å². The van der Waals surface area contributed by atoms with Crippen LogP contribution >= 0.6 is 0 Å². The summed E-state index contributed by atoms with van der Waals surface area (Å²) < 4.78 is 0. The van der Waals surface area contributed by atoms with E-state index in [1.54, 1.807) is 24.3 Å². The molecule has 0 fully saturated rings. The van der Waals surface area contributed by atoms with Gasteiger partial charge in [-0.15, -0.1) is 0 Å². The van der Waals surface area contributed by atoms with Crippen LogP contribution in [-0.4, -0.2) is 11.9 Å². The van der Waals surface area contributed by atoms with E-state index in [0.717, 1.165) is 6.42 Å². The highest BCUT2D eigenvalue weighted by Gasteiger charge is 2.08. The fraction of sp³-hybridized carbons (Fsp3) is 0.533. The van der Waals surface area contributed by atoms with Crippen LogP contribution in [0.4, 0.5) is 5.69 Å². The summed E-state index contributed by atoms with van der Waals surface area (Å²) >= 11 is 0. The summed E-state index contributed by atoms with van der Waals surface area (Å²) in [5.41, 5.74) is 6.94. The van der Waals surface area contributed by atoms with Crippen molar-refractivity contribution in [3.63, 3.8) is 0 Å². The van der Waals surface area contributed by atoms with E-state index < -0.39 is 0 Å². The standard InChI is InChI=1S/C15H24N2O/c1-3-4-5-6-7-12(2)17-15(18)13-8-10-14(16)11-9-13/h8-12H,3-7,16H2,1-2H3,(H,17,18). The van der Waals surface area contributed by atoms with Crippen molar-refractivity contribution in [2.45, 2.75) is 52.0 Å². The molecule has 0 aliphatic carbocycles. The van der Waals surface area contributed by atoms with Crippen LogP contribution in [-0.2, 0) is 0 Å². The van der Waals surface area contributed by atoms with E-state index in [4.69, 9.17) is 5.73 Å². The second-order valence-electron chi connectivity index (χ2n) is 4.85. The Kier molecular flexibility index (Phi) is 6.26. The molecular weight excluding hydrogens is 224 g/mol. The van der Waals surface area contributed by atoms with Gasteiger partial charge >= 0.3 is 0 Å². The van der Waals surface area contributed by atoms with E-state index in [1.165, 1.54) is 25.7 Å². The fourth-order valence-corrected chi connectivity index (χ4v) is 1.89. The second-order valence-corrected chi connectivity index (χ2v) is 4.85. The Morgan fingerprint density at radius 1 is 1.22 bits per heavy atom. The first kappa shape index (κ1) is 14.6. The van der Waals surface area contributed by atoms with Crippen molar-refractivity contribution in [1.29, 1.82) is 0 Å². The number of nitrogens with one attached hydrogen (secondary N) is 1. The smallest absolute Gasteiger partial charge is 0.251 e. The molecule has 3 N–H and O–H groups in total. The van der Waals surface area contributed by atoms with Gasteiger partial charge in [0.2, 0.25) is 0 Å². The first-order valence-electron chi connectivity index (χ1n) is 6.80. The topological polar surface area (TPSA) is 55.1 Å². The number of carbonyl (C=O) groups is 1. The molecule has 100 valence electrons. The summed E-state index contributed by atoms with van der Waals surface area (Å²) in [4.78, 5) is 11.9. The van der Waals surface area contributed by atoms with E-state index in [9.17, 15) is 4.79 Å². The number of amides is 1. The lowest BCUT2D eigenvalue weighted by atomic mass is 10.1. The van der Waals surface area contributed by atoms with Crippen molar-refractivity contribution in [3.05, 3.63) is 29.8 Å². The molecular formula is C15H24N2O. The lowest BCUT2D eigenvalue weighted by Gasteiger charge is -2.13. The molecule has 0 heterocycles. The first-order chi connectivity index (χ1) is 8.63. The molecule has 0 aliphatic heterocycles. The molecule has 1 rings (SSSR count). The van der Waals surface area contributed by atoms with Crippen LogP contribution in [0.1, 0.15) is 56.3 Å². The number of carbonyl (C=O) groups excluding carboxylic acids is 1. The third kappa shape index (κ3) is 5.21. The Morgan fingerprint density at radius 3 is 2.50 bits per heavy atom. The lowest BCUT2D eigenvalue weighted by Crippen LogP contribution is -2.32. The normalized spacial score (nSPS) is 12.1. The zero-order valence-corrected chi connectivity index (χ0v) is 11.4. The van der Waals surface area contributed by atoms with Crippen molar-refractivity contribution in [2.75, 3.05) is 5.73 Å². The van der Waals surface area contributed by atoms with E-state index in [2.05, 4.69) is 19.2 Å². The highest BCUT2D eigenvalue weighted by molar-refractivity contribution is 5.94. The Hall–Kier alpha value is -1.51. The average molecular weight is 248 g/mol. The zero-order chi connectivity index (χ0) is 13.4. The van der Waals surface area contributed by atoms with Crippen LogP contribution in [0.2, 0.25) is 0 Å². The molecule has 0 bridgehead atoms. The van der Waals surface area contributed by atoms with Gasteiger partial charge in [0.15, 0.2) is 0 Å². The SMILES string of the molecule is CCCCCCC(C)NC(=O)c1ccc(N)cc1. The molecule has 0 radical (unpaired) electrons. The van der Waals surface area contributed by atoms with Crippen molar-refractivity contribution in [2.24, 2.45) is 0 Å². The van der Waals surface area contributed by atoms with Gasteiger partial charge in [0, 0.05) is 17.3 Å². The van der Waals surface area contributed by atoms with Crippen LogP contribution in [0.25, 0.3) is 0 Å². The largest absolute Gasteiger partial charge is 0.399 e. The minimum Gasteiger partial charge on any atom is -0.399 e. The van der Waals surface area contributed by atoms with Crippen molar-refractivity contribution in [1.82, 2.24) is 5.32 Å². The monoisotopic (exact) mass is 248 g/mol. The van der Waals surface area contributed by atoms with E-state index in [1.807, 2.05) is 0 Å².